The summed E-state index contributed by atoms with van der Waals surface area (Å²) in [6.07, 6.45) is 3.90. The molecule has 2 N–H and O–H groups in total. The molecule has 2 rings (SSSR count). The molecule has 1 aromatic rings. The Morgan fingerprint density at radius 2 is 1.92 bits per heavy atom. The van der Waals surface area contributed by atoms with E-state index in [0.717, 1.165) is 31.5 Å². The molecule has 1 aliphatic rings. The van der Waals surface area contributed by atoms with Crippen molar-refractivity contribution in [3.63, 3.8) is 0 Å². The van der Waals surface area contributed by atoms with E-state index in [-0.39, 0.29) is 24.0 Å². The molecule has 5 heteroatoms. The molecule has 0 saturated carbocycles. The third-order valence-corrected chi connectivity index (χ3v) is 4.70. The molecule has 0 radical (unpaired) electrons. The molecule has 4 nitrogen and oxygen atoms in total. The maximum Gasteiger partial charge on any atom is 0.191 e. The average Bonchev–Trinajstić information content (AvgIpc) is 2.56. The minimum absolute atomic E-state index is 0. The summed E-state index contributed by atoms with van der Waals surface area (Å²) in [5, 5.41) is 6.84. The summed E-state index contributed by atoms with van der Waals surface area (Å²) < 4.78 is 0. The maximum atomic E-state index is 4.73. The summed E-state index contributed by atoms with van der Waals surface area (Å²) in [5.74, 6) is 1.79. The van der Waals surface area contributed by atoms with Crippen molar-refractivity contribution in [2.45, 2.75) is 39.7 Å². The number of rotatable bonds is 6. The van der Waals surface area contributed by atoms with Crippen LogP contribution in [-0.2, 0) is 6.54 Å². The van der Waals surface area contributed by atoms with Gasteiger partial charge in [-0.25, -0.2) is 4.99 Å². The quantitative estimate of drug-likeness (QED) is 0.402. The topological polar surface area (TPSA) is 39.7 Å². The summed E-state index contributed by atoms with van der Waals surface area (Å²) in [6.45, 7) is 9.38. The fourth-order valence-corrected chi connectivity index (χ4v) is 3.04. The number of nitrogens with one attached hydrogen (secondary N) is 2. The Morgan fingerprint density at radius 1 is 1.21 bits per heavy atom. The molecular formula is C19H33IN4. The summed E-state index contributed by atoms with van der Waals surface area (Å²) >= 11 is 0. The standard InChI is InChI=1S/C19H32N4.HI/c1-4-20-19(22-15-18-8-6-5-7-16(18)2)21-12-9-17-10-13-23(3)14-11-17;/h5-8,17H,4,9-15H2,1-3H3,(H2,20,21,22);1H. The van der Waals surface area contributed by atoms with Gasteiger partial charge in [0.25, 0.3) is 0 Å². The maximum absolute atomic E-state index is 4.73. The Morgan fingerprint density at radius 3 is 2.58 bits per heavy atom. The molecule has 1 fully saturated rings. The summed E-state index contributed by atoms with van der Waals surface area (Å²) in [4.78, 5) is 7.15. The third kappa shape index (κ3) is 7.38. The van der Waals surface area contributed by atoms with Gasteiger partial charge >= 0.3 is 0 Å². The lowest BCUT2D eigenvalue weighted by atomic mass is 9.94. The minimum atomic E-state index is 0. The van der Waals surface area contributed by atoms with Crippen molar-refractivity contribution in [2.75, 3.05) is 33.2 Å². The summed E-state index contributed by atoms with van der Waals surface area (Å²) in [5.41, 5.74) is 2.60. The highest BCUT2D eigenvalue weighted by atomic mass is 127. The first kappa shape index (κ1) is 21.2. The zero-order valence-corrected chi connectivity index (χ0v) is 17.7. The smallest absolute Gasteiger partial charge is 0.191 e. The van der Waals surface area contributed by atoms with E-state index in [1.54, 1.807) is 0 Å². The van der Waals surface area contributed by atoms with Crippen LogP contribution in [0, 0.1) is 12.8 Å². The molecule has 0 aliphatic carbocycles. The number of piperidine rings is 1. The first-order valence-corrected chi connectivity index (χ1v) is 8.94. The Bertz CT molecular complexity index is 496. The molecule has 0 spiro atoms. The van der Waals surface area contributed by atoms with Crippen molar-refractivity contribution in [1.29, 1.82) is 0 Å². The Balaban J connectivity index is 0.00000288. The van der Waals surface area contributed by atoms with Crippen molar-refractivity contribution in [2.24, 2.45) is 10.9 Å². The lowest BCUT2D eigenvalue weighted by molar-refractivity contribution is 0.213. The molecule has 0 bridgehead atoms. The first-order valence-electron chi connectivity index (χ1n) is 8.94. The van der Waals surface area contributed by atoms with E-state index >= 15 is 0 Å². The number of benzene rings is 1. The molecule has 0 atom stereocenters. The van der Waals surface area contributed by atoms with Gasteiger partial charge in [-0.2, -0.15) is 0 Å². The Kier molecular flexibility index (Phi) is 10.3. The van der Waals surface area contributed by atoms with Crippen LogP contribution < -0.4 is 10.6 Å². The van der Waals surface area contributed by atoms with Crippen LogP contribution in [0.15, 0.2) is 29.3 Å². The van der Waals surface area contributed by atoms with Gasteiger partial charge in [0.05, 0.1) is 6.54 Å². The lowest BCUT2D eigenvalue weighted by Crippen LogP contribution is -2.39. The van der Waals surface area contributed by atoms with Crippen molar-refractivity contribution in [1.82, 2.24) is 15.5 Å². The predicted molar refractivity (Wildman–Crippen MR) is 114 cm³/mol. The van der Waals surface area contributed by atoms with Crippen LogP contribution in [0.25, 0.3) is 0 Å². The second-order valence-electron chi connectivity index (χ2n) is 6.58. The predicted octanol–water partition coefficient (Wildman–Crippen LogP) is 3.40. The van der Waals surface area contributed by atoms with Crippen LogP contribution in [0.5, 0.6) is 0 Å². The van der Waals surface area contributed by atoms with Crippen LogP contribution in [0.1, 0.15) is 37.3 Å². The number of guanidine groups is 1. The van der Waals surface area contributed by atoms with E-state index < -0.39 is 0 Å². The zero-order chi connectivity index (χ0) is 16.5. The fourth-order valence-electron chi connectivity index (χ4n) is 3.04. The van der Waals surface area contributed by atoms with Gasteiger partial charge in [0, 0.05) is 13.1 Å². The number of hydrogen-bond donors (Lipinski definition) is 2. The molecule has 0 aromatic heterocycles. The average molecular weight is 444 g/mol. The zero-order valence-electron chi connectivity index (χ0n) is 15.3. The first-order chi connectivity index (χ1) is 11.2. The van der Waals surface area contributed by atoms with Gasteiger partial charge in [-0.3, -0.25) is 0 Å². The molecule has 0 amide bonds. The van der Waals surface area contributed by atoms with Crippen LogP contribution in [0.3, 0.4) is 0 Å². The SMILES string of the molecule is CCNC(=NCc1ccccc1C)NCCC1CCN(C)CC1.I. The van der Waals surface area contributed by atoms with E-state index in [9.17, 15) is 0 Å². The van der Waals surface area contributed by atoms with E-state index in [4.69, 9.17) is 4.99 Å². The van der Waals surface area contributed by atoms with Gasteiger partial charge in [-0.15, -0.1) is 24.0 Å². The van der Waals surface area contributed by atoms with Crippen LogP contribution in [0.2, 0.25) is 0 Å². The molecule has 1 aromatic carbocycles. The molecule has 1 saturated heterocycles. The van der Waals surface area contributed by atoms with Crippen LogP contribution in [-0.4, -0.2) is 44.1 Å². The van der Waals surface area contributed by atoms with E-state index in [1.807, 2.05) is 0 Å². The lowest BCUT2D eigenvalue weighted by Gasteiger charge is -2.29. The number of likely N-dealkylation sites (tertiary alicyclic amines) is 1. The Labute approximate surface area is 164 Å². The third-order valence-electron chi connectivity index (χ3n) is 4.70. The van der Waals surface area contributed by atoms with Gasteiger partial charge in [0.15, 0.2) is 5.96 Å². The number of nitrogens with zero attached hydrogens (tertiary/aromatic N) is 2. The van der Waals surface area contributed by atoms with Gasteiger partial charge in [0.1, 0.15) is 0 Å². The summed E-state index contributed by atoms with van der Waals surface area (Å²) in [6, 6.07) is 8.46. The Hall–Kier alpha value is -0.820. The molecule has 1 aliphatic heterocycles. The highest BCUT2D eigenvalue weighted by Crippen LogP contribution is 2.18. The molecule has 1 heterocycles. The second kappa shape index (κ2) is 11.7. The number of halogens is 1. The highest BCUT2D eigenvalue weighted by molar-refractivity contribution is 14.0. The fraction of sp³-hybridized carbons (Fsp3) is 0.632. The van der Waals surface area contributed by atoms with Gasteiger partial charge < -0.3 is 15.5 Å². The van der Waals surface area contributed by atoms with Crippen LogP contribution >= 0.6 is 24.0 Å². The molecule has 24 heavy (non-hydrogen) atoms. The number of aryl methyl sites for hydroxylation is 1. The molecular weight excluding hydrogens is 411 g/mol. The van der Waals surface area contributed by atoms with Crippen molar-refractivity contribution >= 4 is 29.9 Å². The van der Waals surface area contributed by atoms with Gasteiger partial charge in [0.2, 0.25) is 0 Å². The molecule has 136 valence electrons. The van der Waals surface area contributed by atoms with Crippen LogP contribution in [0.4, 0.5) is 0 Å². The van der Waals surface area contributed by atoms with Crippen molar-refractivity contribution in [3.8, 4) is 0 Å². The van der Waals surface area contributed by atoms with E-state index in [1.165, 1.54) is 43.5 Å². The van der Waals surface area contributed by atoms with Gasteiger partial charge in [-0.1, -0.05) is 24.3 Å². The largest absolute Gasteiger partial charge is 0.357 e. The van der Waals surface area contributed by atoms with Crippen molar-refractivity contribution in [3.05, 3.63) is 35.4 Å². The van der Waals surface area contributed by atoms with Gasteiger partial charge in [-0.05, 0) is 70.3 Å². The minimum Gasteiger partial charge on any atom is -0.357 e. The van der Waals surface area contributed by atoms with E-state index in [0.29, 0.717) is 0 Å². The van der Waals surface area contributed by atoms with Crippen molar-refractivity contribution < 1.29 is 0 Å². The summed E-state index contributed by atoms with van der Waals surface area (Å²) in [7, 11) is 2.22. The van der Waals surface area contributed by atoms with E-state index in [2.05, 4.69) is 60.7 Å². The highest BCUT2D eigenvalue weighted by Gasteiger charge is 2.16. The molecule has 0 unspecified atom stereocenters. The normalized spacial score (nSPS) is 16.5. The monoisotopic (exact) mass is 444 g/mol. The second-order valence-corrected chi connectivity index (χ2v) is 6.58. The number of aliphatic imine (C=N–C) groups is 1. The number of hydrogen-bond acceptors (Lipinski definition) is 2.